The lowest BCUT2D eigenvalue weighted by Gasteiger charge is -2.40. The van der Waals surface area contributed by atoms with Crippen molar-refractivity contribution < 1.29 is 24.2 Å². The number of benzene rings is 2. The van der Waals surface area contributed by atoms with Crippen molar-refractivity contribution in [2.75, 3.05) is 29.5 Å². The third kappa shape index (κ3) is 5.39. The summed E-state index contributed by atoms with van der Waals surface area (Å²) in [5, 5.41) is 10.7. The van der Waals surface area contributed by atoms with Crippen molar-refractivity contribution in [3.63, 3.8) is 0 Å². The van der Waals surface area contributed by atoms with Crippen LogP contribution in [0.1, 0.15) is 57.6 Å². The molecule has 3 amide bonds. The van der Waals surface area contributed by atoms with E-state index in [-0.39, 0.29) is 43.3 Å². The molecule has 8 nitrogen and oxygen atoms in total. The van der Waals surface area contributed by atoms with Crippen LogP contribution in [-0.4, -0.2) is 70.7 Å². The molecule has 3 fully saturated rings. The Morgan fingerprint density at radius 3 is 2.33 bits per heavy atom. The number of nitrogens with zero attached hydrogens (tertiary/aromatic N) is 3. The first kappa shape index (κ1) is 33.6. The minimum atomic E-state index is -1.22. The molecule has 8 heteroatoms. The first-order chi connectivity index (χ1) is 22.0. The van der Waals surface area contributed by atoms with Crippen LogP contribution in [-0.2, 0) is 19.1 Å². The summed E-state index contributed by atoms with van der Waals surface area (Å²) in [4.78, 5) is 49.8. The lowest BCUT2D eigenvalue weighted by atomic mass is 9.64. The molecule has 6 atom stereocenters. The van der Waals surface area contributed by atoms with Gasteiger partial charge in [0.2, 0.25) is 11.8 Å². The largest absolute Gasteiger partial charge is 0.394 e. The number of anilines is 2. The molecule has 0 aliphatic carbocycles. The van der Waals surface area contributed by atoms with E-state index in [0.717, 1.165) is 16.8 Å². The number of aliphatic hydroxyl groups is 1. The summed E-state index contributed by atoms with van der Waals surface area (Å²) in [6.07, 6.45) is 5.42. The Balaban J connectivity index is 1.68. The summed E-state index contributed by atoms with van der Waals surface area (Å²) < 4.78 is 7.08. The number of carbonyl (C=O) groups excluding carboxylic acids is 3. The van der Waals surface area contributed by atoms with Gasteiger partial charge in [-0.25, -0.2) is 0 Å². The second-order valence-electron chi connectivity index (χ2n) is 13.6. The molecule has 3 aliphatic rings. The van der Waals surface area contributed by atoms with Crippen LogP contribution in [0.5, 0.6) is 0 Å². The van der Waals surface area contributed by atoms with Gasteiger partial charge in [-0.1, -0.05) is 63.3 Å². The van der Waals surface area contributed by atoms with Gasteiger partial charge in [-0.05, 0) is 74.8 Å². The van der Waals surface area contributed by atoms with Gasteiger partial charge in [0.15, 0.2) is 0 Å². The van der Waals surface area contributed by atoms with E-state index in [9.17, 15) is 14.7 Å². The van der Waals surface area contributed by atoms with Crippen LogP contribution >= 0.6 is 0 Å². The third-order valence-electron chi connectivity index (χ3n) is 10.3. The van der Waals surface area contributed by atoms with Gasteiger partial charge in [0, 0.05) is 24.5 Å². The summed E-state index contributed by atoms with van der Waals surface area (Å²) in [6.45, 7) is 18.1. The average Bonchev–Trinajstić information content (AvgIpc) is 3.65. The van der Waals surface area contributed by atoms with Crippen molar-refractivity contribution >= 4 is 29.1 Å². The van der Waals surface area contributed by atoms with E-state index >= 15 is 4.79 Å². The van der Waals surface area contributed by atoms with Crippen LogP contribution < -0.4 is 9.80 Å². The number of aryl methyl sites for hydroxylation is 2. The lowest BCUT2D eigenvalue weighted by molar-refractivity contribution is -0.149. The molecule has 0 radical (unpaired) electrons. The molecular formula is C38H49N3O5. The molecule has 1 spiro atoms. The number of carbonyl (C=O) groups is 3. The first-order valence-corrected chi connectivity index (χ1v) is 16.6. The maximum atomic E-state index is 15.1. The molecule has 5 rings (SSSR count). The smallest absolute Gasteiger partial charge is 0.253 e. The minimum absolute atomic E-state index is 0.153. The maximum absolute atomic E-state index is 15.1. The van der Waals surface area contributed by atoms with Crippen LogP contribution in [0.15, 0.2) is 73.8 Å². The zero-order chi connectivity index (χ0) is 33.4. The molecule has 0 saturated carbocycles. The highest BCUT2D eigenvalue weighted by molar-refractivity contribution is 6.07. The number of likely N-dealkylation sites (tertiary alicyclic amines) is 1. The van der Waals surface area contributed by atoms with Crippen LogP contribution in [0, 0.1) is 31.6 Å². The highest BCUT2D eigenvalue weighted by Crippen LogP contribution is 2.65. The Morgan fingerprint density at radius 1 is 1.04 bits per heavy atom. The van der Waals surface area contributed by atoms with E-state index < -0.39 is 35.1 Å². The van der Waals surface area contributed by atoms with Crippen LogP contribution in [0.25, 0.3) is 0 Å². The third-order valence-corrected chi connectivity index (χ3v) is 10.3. The van der Waals surface area contributed by atoms with Gasteiger partial charge in [0.1, 0.15) is 11.6 Å². The molecule has 3 saturated heterocycles. The quantitative estimate of drug-likeness (QED) is 0.292. The average molecular weight is 628 g/mol. The topological polar surface area (TPSA) is 90.4 Å². The van der Waals surface area contributed by atoms with Gasteiger partial charge in [-0.2, -0.15) is 0 Å². The van der Waals surface area contributed by atoms with E-state index in [0.29, 0.717) is 31.4 Å². The van der Waals surface area contributed by atoms with Gasteiger partial charge in [-0.3, -0.25) is 14.4 Å². The van der Waals surface area contributed by atoms with Crippen LogP contribution in [0.2, 0.25) is 0 Å². The lowest BCUT2D eigenvalue weighted by Crippen LogP contribution is -2.59. The zero-order valence-electron chi connectivity index (χ0n) is 27.9. The summed E-state index contributed by atoms with van der Waals surface area (Å²) in [6, 6.07) is 13.7. The number of fused-ring (bicyclic) bond motifs is 1. The van der Waals surface area contributed by atoms with Crippen molar-refractivity contribution in [3.8, 4) is 0 Å². The molecule has 2 aromatic carbocycles. The molecule has 2 unspecified atom stereocenters. The molecule has 46 heavy (non-hydrogen) atoms. The van der Waals surface area contributed by atoms with Gasteiger partial charge >= 0.3 is 0 Å². The fourth-order valence-electron chi connectivity index (χ4n) is 8.35. The van der Waals surface area contributed by atoms with Crippen molar-refractivity contribution in [3.05, 3.63) is 85.0 Å². The number of para-hydroxylation sites is 1. The van der Waals surface area contributed by atoms with E-state index in [4.69, 9.17) is 4.74 Å². The molecule has 3 aliphatic heterocycles. The minimum Gasteiger partial charge on any atom is -0.394 e. The molecule has 3 heterocycles. The van der Waals surface area contributed by atoms with Crippen molar-refractivity contribution in [2.24, 2.45) is 17.8 Å². The van der Waals surface area contributed by atoms with E-state index in [1.807, 2.05) is 83.1 Å². The molecular weight excluding hydrogens is 578 g/mol. The second kappa shape index (κ2) is 13.2. The summed E-state index contributed by atoms with van der Waals surface area (Å²) in [5.74, 6) is -2.30. The van der Waals surface area contributed by atoms with E-state index in [1.165, 1.54) is 0 Å². The molecule has 1 N–H and O–H groups in total. The number of ether oxygens (including phenoxy) is 1. The Morgan fingerprint density at radius 2 is 1.72 bits per heavy atom. The van der Waals surface area contributed by atoms with Gasteiger partial charge in [0.25, 0.3) is 5.91 Å². The summed E-state index contributed by atoms with van der Waals surface area (Å²) in [5.41, 5.74) is 1.26. The Labute approximate surface area is 273 Å². The van der Waals surface area contributed by atoms with Gasteiger partial charge in [0.05, 0.1) is 30.1 Å². The molecule has 246 valence electrons. The van der Waals surface area contributed by atoms with Crippen molar-refractivity contribution in [2.45, 2.75) is 83.6 Å². The molecule has 0 aromatic heterocycles. The van der Waals surface area contributed by atoms with Crippen LogP contribution in [0.4, 0.5) is 11.4 Å². The van der Waals surface area contributed by atoms with Crippen molar-refractivity contribution in [1.82, 2.24) is 4.90 Å². The normalized spacial score (nSPS) is 27.1. The highest BCUT2D eigenvalue weighted by Gasteiger charge is 2.79. The fraction of sp³-hybridized carbons (Fsp3) is 0.500. The Bertz CT molecular complexity index is 1490. The predicted molar refractivity (Wildman–Crippen MR) is 181 cm³/mol. The van der Waals surface area contributed by atoms with E-state index in [2.05, 4.69) is 13.2 Å². The Hall–Kier alpha value is -3.75. The summed E-state index contributed by atoms with van der Waals surface area (Å²) >= 11 is 0. The standard InChI is InChI=1S/C38H49N3O5/c1-8-20-39(28-14-12-11-13-15-28)34(43)31-32-35(44)41(29(24-42)22-25(4)5)33(38(32)19-18-37(31,10-3)46-38)36(45)40(21-9-2)30-23-26(6)16-17-27(30)7/h8-9,11-17,23,25,29,31-33,42H,1-2,10,18-22,24H2,3-7H3/t29-,31+,32+,33?,37-,38?/m1/s1. The fourth-order valence-corrected chi connectivity index (χ4v) is 8.35. The van der Waals surface area contributed by atoms with Crippen molar-refractivity contribution in [1.29, 1.82) is 0 Å². The van der Waals surface area contributed by atoms with Gasteiger partial charge in [-0.15, -0.1) is 13.2 Å². The first-order valence-electron chi connectivity index (χ1n) is 16.6. The second-order valence-corrected chi connectivity index (χ2v) is 13.6. The summed E-state index contributed by atoms with van der Waals surface area (Å²) in [7, 11) is 0. The monoisotopic (exact) mass is 627 g/mol. The van der Waals surface area contributed by atoms with Gasteiger partial charge < -0.3 is 24.5 Å². The predicted octanol–water partition coefficient (Wildman–Crippen LogP) is 5.60. The van der Waals surface area contributed by atoms with Crippen LogP contribution in [0.3, 0.4) is 0 Å². The number of aliphatic hydroxyl groups excluding tert-OH is 1. The molecule has 2 bridgehead atoms. The number of hydrogen-bond donors (Lipinski definition) is 1. The number of hydrogen-bond acceptors (Lipinski definition) is 5. The highest BCUT2D eigenvalue weighted by atomic mass is 16.5. The number of amides is 3. The van der Waals surface area contributed by atoms with E-state index in [1.54, 1.807) is 26.9 Å². The zero-order valence-corrected chi connectivity index (χ0v) is 27.9. The SMILES string of the molecule is C=CCN(C(=O)[C@@H]1[C@H]2C(=O)N([C@@H](CO)CC(C)C)C(C(=O)N(CC=C)c3cc(C)ccc3C)C23CC[C@@]1(CC)O3)c1ccccc1. The maximum Gasteiger partial charge on any atom is 0.253 e. The Kier molecular flexibility index (Phi) is 9.62. The molecule has 2 aromatic rings. The number of rotatable bonds is 13.